The first kappa shape index (κ1) is 32.8. The molecule has 0 saturated heterocycles. The second-order valence-corrected chi connectivity index (χ2v) is 15.4. The fourth-order valence-corrected chi connectivity index (χ4v) is 8.51. The Morgan fingerprint density at radius 3 is 1.33 bits per heavy atom. The highest BCUT2D eigenvalue weighted by molar-refractivity contribution is 6.11. The van der Waals surface area contributed by atoms with E-state index in [0.29, 0.717) is 0 Å². The molecule has 0 N–H and O–H groups in total. The first-order chi connectivity index (χ1) is 26.9. The summed E-state index contributed by atoms with van der Waals surface area (Å²) in [5.41, 5.74) is 14.3. The van der Waals surface area contributed by atoms with Crippen LogP contribution in [0.15, 0.2) is 194 Å². The molecule has 2 aromatic heterocycles. The summed E-state index contributed by atoms with van der Waals surface area (Å²) in [7, 11) is 0. The Labute approximate surface area is 322 Å². The summed E-state index contributed by atoms with van der Waals surface area (Å²) < 4.78 is 4.83. The minimum atomic E-state index is -0.0263. The Bertz CT molecular complexity index is 2980. The van der Waals surface area contributed by atoms with E-state index in [1.165, 1.54) is 71.6 Å². The lowest BCUT2D eigenvalue weighted by atomic mass is 10.0. The molecule has 0 bridgehead atoms. The van der Waals surface area contributed by atoms with Gasteiger partial charge in [-0.15, -0.1) is 0 Å². The van der Waals surface area contributed by atoms with Crippen molar-refractivity contribution in [2.45, 2.75) is 26.3 Å². The molecule has 0 radical (unpaired) electrons. The van der Waals surface area contributed by atoms with Crippen molar-refractivity contribution in [3.8, 4) is 27.9 Å². The number of anilines is 3. The van der Waals surface area contributed by atoms with Gasteiger partial charge in [0.15, 0.2) is 0 Å². The number of para-hydroxylation sites is 4. The van der Waals surface area contributed by atoms with Crippen LogP contribution >= 0.6 is 0 Å². The van der Waals surface area contributed by atoms with Gasteiger partial charge in [0.1, 0.15) is 0 Å². The molecule has 3 heteroatoms. The van der Waals surface area contributed by atoms with Crippen LogP contribution in [0, 0.1) is 0 Å². The number of benzene rings is 8. The largest absolute Gasteiger partial charge is 0.335 e. The minimum Gasteiger partial charge on any atom is -0.335 e. The third-order valence-corrected chi connectivity index (χ3v) is 11.0. The van der Waals surface area contributed by atoms with Gasteiger partial charge in [0.25, 0.3) is 0 Å². The quantitative estimate of drug-likeness (QED) is 0.168. The van der Waals surface area contributed by atoms with E-state index in [0.717, 1.165) is 17.1 Å². The number of fused-ring (bicyclic) bond motifs is 6. The molecule has 10 rings (SSSR count). The number of rotatable bonds is 6. The second kappa shape index (κ2) is 12.9. The van der Waals surface area contributed by atoms with Gasteiger partial charge < -0.3 is 14.0 Å². The van der Waals surface area contributed by atoms with Gasteiger partial charge in [0.05, 0.1) is 11.0 Å². The highest BCUT2D eigenvalue weighted by Gasteiger charge is 2.21. The number of nitrogens with zero attached hydrogens (tertiary/aromatic N) is 3. The van der Waals surface area contributed by atoms with Crippen LogP contribution in [0.5, 0.6) is 0 Å². The summed E-state index contributed by atoms with van der Waals surface area (Å²) in [6.45, 7) is 6.84. The number of hydrogen-bond donors (Lipinski definition) is 0. The molecule has 0 fully saturated rings. The first-order valence-corrected chi connectivity index (χ1v) is 19.1. The number of hydrogen-bond acceptors (Lipinski definition) is 1. The lowest BCUT2D eigenvalue weighted by Crippen LogP contribution is -2.21. The van der Waals surface area contributed by atoms with Crippen LogP contribution in [0.2, 0.25) is 0 Å². The zero-order valence-electron chi connectivity index (χ0n) is 31.3. The Hall–Kier alpha value is -6.84. The second-order valence-electron chi connectivity index (χ2n) is 15.4. The van der Waals surface area contributed by atoms with Gasteiger partial charge in [-0.25, -0.2) is 0 Å². The Balaban J connectivity index is 1.00. The Kier molecular flexibility index (Phi) is 7.71. The van der Waals surface area contributed by atoms with Crippen molar-refractivity contribution in [2.75, 3.05) is 4.90 Å². The highest BCUT2D eigenvalue weighted by Crippen LogP contribution is 2.40. The van der Waals surface area contributed by atoms with E-state index >= 15 is 0 Å². The minimum absolute atomic E-state index is 0.0263. The average molecular weight is 708 g/mol. The molecule has 0 unspecified atom stereocenters. The third-order valence-electron chi connectivity index (χ3n) is 11.0. The standard InChI is InChI=1S/C52H41N3/c1-52(2,3)55-50-21-13-11-19-45(50)47-35-39(27-33-51(47)55)37-24-30-43(31-25-37)53(40-14-6-4-7-15-40)42-28-22-36(23-29-42)38-26-32-49-46(34-38)44-18-10-12-20-48(44)54(49)41-16-8-5-9-17-41/h4-35H,1-3H3. The van der Waals surface area contributed by atoms with Gasteiger partial charge in [0.2, 0.25) is 0 Å². The zero-order valence-corrected chi connectivity index (χ0v) is 31.3. The van der Waals surface area contributed by atoms with Crippen molar-refractivity contribution in [3.05, 3.63) is 194 Å². The van der Waals surface area contributed by atoms with E-state index in [9.17, 15) is 0 Å². The zero-order chi connectivity index (χ0) is 37.1. The molecule has 0 spiro atoms. The maximum atomic E-state index is 2.47. The normalized spacial score (nSPS) is 11.9. The van der Waals surface area contributed by atoms with E-state index in [1.54, 1.807) is 0 Å². The molecule has 3 nitrogen and oxygen atoms in total. The van der Waals surface area contributed by atoms with Crippen molar-refractivity contribution in [2.24, 2.45) is 0 Å². The molecule has 55 heavy (non-hydrogen) atoms. The van der Waals surface area contributed by atoms with E-state index in [1.807, 2.05) is 0 Å². The summed E-state index contributed by atoms with van der Waals surface area (Å²) in [6.07, 6.45) is 0. The van der Waals surface area contributed by atoms with Gasteiger partial charge in [-0.05, 0) is 128 Å². The van der Waals surface area contributed by atoms with Crippen molar-refractivity contribution in [3.63, 3.8) is 0 Å². The van der Waals surface area contributed by atoms with E-state index in [4.69, 9.17) is 0 Å². The van der Waals surface area contributed by atoms with Gasteiger partial charge in [-0.1, -0.05) is 109 Å². The topological polar surface area (TPSA) is 13.1 Å². The lowest BCUT2D eigenvalue weighted by molar-refractivity contribution is 0.423. The van der Waals surface area contributed by atoms with Gasteiger partial charge >= 0.3 is 0 Å². The summed E-state index contributed by atoms with van der Waals surface area (Å²) in [5.74, 6) is 0. The molecule has 0 amide bonds. The molecule has 0 aliphatic heterocycles. The van der Waals surface area contributed by atoms with Gasteiger partial charge in [0, 0.05) is 60.9 Å². The van der Waals surface area contributed by atoms with E-state index < -0.39 is 0 Å². The maximum Gasteiger partial charge on any atom is 0.0541 e. The van der Waals surface area contributed by atoms with E-state index in [-0.39, 0.29) is 5.54 Å². The smallest absolute Gasteiger partial charge is 0.0541 e. The molecule has 0 aliphatic carbocycles. The van der Waals surface area contributed by atoms with Gasteiger partial charge in [-0.3, -0.25) is 0 Å². The predicted octanol–water partition coefficient (Wildman–Crippen LogP) is 14.5. The first-order valence-electron chi connectivity index (χ1n) is 19.1. The summed E-state index contributed by atoms with van der Waals surface area (Å²) in [6, 6.07) is 70.5. The lowest BCUT2D eigenvalue weighted by Gasteiger charge is -2.26. The Morgan fingerprint density at radius 1 is 0.345 bits per heavy atom. The summed E-state index contributed by atoms with van der Waals surface area (Å²) in [5, 5.41) is 5.10. The molecule has 10 aromatic rings. The summed E-state index contributed by atoms with van der Waals surface area (Å²) in [4.78, 5) is 2.34. The SMILES string of the molecule is CC(C)(C)n1c2ccccc2c2cc(-c3ccc(N(c4ccccc4)c4ccc(-c5ccc6c(c5)c5ccccc5n6-c5ccccc5)cc4)cc3)ccc21. The molecular formula is C52H41N3. The van der Waals surface area contributed by atoms with Crippen LogP contribution < -0.4 is 4.90 Å². The van der Waals surface area contributed by atoms with Crippen molar-refractivity contribution in [1.29, 1.82) is 0 Å². The maximum absolute atomic E-state index is 2.47. The van der Waals surface area contributed by atoms with Crippen LogP contribution in [0.1, 0.15) is 20.8 Å². The fourth-order valence-electron chi connectivity index (χ4n) is 8.51. The Morgan fingerprint density at radius 2 is 0.745 bits per heavy atom. The molecule has 0 atom stereocenters. The molecule has 0 saturated carbocycles. The molecule has 2 heterocycles. The molecule has 8 aromatic carbocycles. The molecule has 0 aliphatic rings. The third kappa shape index (κ3) is 5.59. The van der Waals surface area contributed by atoms with Gasteiger partial charge in [-0.2, -0.15) is 0 Å². The van der Waals surface area contributed by atoms with Crippen LogP contribution in [0.4, 0.5) is 17.1 Å². The average Bonchev–Trinajstić information content (AvgIpc) is 3.75. The van der Waals surface area contributed by atoms with Crippen LogP contribution in [0.25, 0.3) is 71.6 Å². The van der Waals surface area contributed by atoms with Crippen LogP contribution in [-0.2, 0) is 5.54 Å². The molecule has 264 valence electrons. The van der Waals surface area contributed by atoms with Crippen LogP contribution in [0.3, 0.4) is 0 Å². The van der Waals surface area contributed by atoms with Crippen molar-refractivity contribution in [1.82, 2.24) is 9.13 Å². The monoisotopic (exact) mass is 707 g/mol. The van der Waals surface area contributed by atoms with E-state index in [2.05, 4.69) is 229 Å². The van der Waals surface area contributed by atoms with Crippen molar-refractivity contribution < 1.29 is 0 Å². The number of aromatic nitrogens is 2. The van der Waals surface area contributed by atoms with Crippen molar-refractivity contribution >= 4 is 60.7 Å². The predicted molar refractivity (Wildman–Crippen MR) is 234 cm³/mol. The highest BCUT2D eigenvalue weighted by atomic mass is 15.1. The summed E-state index contributed by atoms with van der Waals surface area (Å²) >= 11 is 0. The van der Waals surface area contributed by atoms with Crippen LogP contribution in [-0.4, -0.2) is 9.13 Å². The molecular weight excluding hydrogens is 667 g/mol. The fraction of sp³-hybridized carbons (Fsp3) is 0.0769.